The molecule has 0 spiro atoms. The fourth-order valence-corrected chi connectivity index (χ4v) is 3.41. The summed E-state index contributed by atoms with van der Waals surface area (Å²) >= 11 is 0. The van der Waals surface area contributed by atoms with Crippen molar-refractivity contribution >= 4 is 11.6 Å². The lowest BCUT2D eigenvalue weighted by atomic mass is 9.87. The number of unbranched alkanes of at least 4 members (excludes halogenated alkanes) is 2. The number of carbonyl (C=O) groups is 2. The molecule has 4 nitrogen and oxygen atoms in total. The average molecular weight is 416 g/mol. The van der Waals surface area contributed by atoms with E-state index in [1.54, 1.807) is 0 Å². The molecule has 0 aromatic heterocycles. The van der Waals surface area contributed by atoms with E-state index in [0.717, 1.165) is 44.1 Å². The summed E-state index contributed by atoms with van der Waals surface area (Å²) in [6, 6.07) is 0. The van der Waals surface area contributed by atoms with E-state index in [2.05, 4.69) is 46.0 Å². The minimum atomic E-state index is -0.554. The van der Waals surface area contributed by atoms with Gasteiger partial charge in [0.2, 0.25) is 11.6 Å². The molecule has 1 aliphatic carbocycles. The van der Waals surface area contributed by atoms with E-state index in [-0.39, 0.29) is 17.8 Å². The van der Waals surface area contributed by atoms with Crippen LogP contribution in [0.15, 0.2) is 45.9 Å². The highest BCUT2D eigenvalue weighted by Gasteiger charge is 2.34. The number of ketones is 2. The maximum atomic E-state index is 12.9. The van der Waals surface area contributed by atoms with Crippen LogP contribution in [0.3, 0.4) is 0 Å². The fourth-order valence-electron chi connectivity index (χ4n) is 3.41. The Morgan fingerprint density at radius 2 is 1.70 bits per heavy atom. The van der Waals surface area contributed by atoms with Gasteiger partial charge in [-0.3, -0.25) is 9.59 Å². The second-order valence-corrected chi connectivity index (χ2v) is 8.98. The molecule has 30 heavy (non-hydrogen) atoms. The molecule has 0 radical (unpaired) electrons. The summed E-state index contributed by atoms with van der Waals surface area (Å²) in [5.41, 5.74) is 3.58. The SMILES string of the molecule is CCCCCC1=C(NCCC(C)C)C(O)=C(CC=C(C)CCC=C(C)C)C(=O)C1=O. The van der Waals surface area contributed by atoms with Crippen LogP contribution < -0.4 is 5.32 Å². The normalized spacial score (nSPS) is 15.4. The molecule has 0 atom stereocenters. The summed E-state index contributed by atoms with van der Waals surface area (Å²) in [5, 5.41) is 14.2. The van der Waals surface area contributed by atoms with Crippen molar-refractivity contribution in [1.29, 1.82) is 0 Å². The first-order chi connectivity index (χ1) is 14.2. The molecule has 0 saturated heterocycles. The number of hydrogen-bond acceptors (Lipinski definition) is 4. The predicted molar refractivity (Wildman–Crippen MR) is 125 cm³/mol. The standard InChI is InChI=1S/C26H41NO3/c1-7-8-9-13-21-23(27-17-16-19(4)5)24(28)22(26(30)25(21)29)15-14-20(6)12-10-11-18(2)3/h11,14,19,27-28H,7-10,12-13,15-17H2,1-6H3. The number of aliphatic hydroxyl groups is 1. The molecular weight excluding hydrogens is 374 g/mol. The third-order valence-electron chi connectivity index (χ3n) is 5.38. The van der Waals surface area contributed by atoms with Crippen LogP contribution >= 0.6 is 0 Å². The van der Waals surface area contributed by atoms with Crippen molar-refractivity contribution in [2.45, 2.75) is 92.9 Å². The van der Waals surface area contributed by atoms with Crippen molar-refractivity contribution < 1.29 is 14.7 Å². The second kappa shape index (κ2) is 13.3. The molecule has 168 valence electrons. The zero-order chi connectivity index (χ0) is 22.7. The molecule has 0 bridgehead atoms. The Kier molecular flexibility index (Phi) is 11.5. The number of hydrogen-bond donors (Lipinski definition) is 2. The monoisotopic (exact) mass is 415 g/mol. The van der Waals surface area contributed by atoms with Crippen molar-refractivity contribution in [2.24, 2.45) is 5.92 Å². The Morgan fingerprint density at radius 1 is 1.03 bits per heavy atom. The molecule has 0 saturated carbocycles. The first kappa shape index (κ1) is 25.9. The molecule has 1 rings (SSSR count). The fraction of sp³-hybridized carbons (Fsp3) is 0.615. The highest BCUT2D eigenvalue weighted by Crippen LogP contribution is 2.29. The van der Waals surface area contributed by atoms with Gasteiger partial charge in [0.25, 0.3) is 0 Å². The molecule has 0 aromatic carbocycles. The molecule has 0 aliphatic heterocycles. The highest BCUT2D eigenvalue weighted by atomic mass is 16.3. The van der Waals surface area contributed by atoms with Crippen molar-refractivity contribution in [2.75, 3.05) is 6.54 Å². The molecule has 2 N–H and O–H groups in total. The van der Waals surface area contributed by atoms with E-state index >= 15 is 0 Å². The topological polar surface area (TPSA) is 66.4 Å². The predicted octanol–water partition coefficient (Wildman–Crippen LogP) is 6.50. The molecule has 0 fully saturated rings. The van der Waals surface area contributed by atoms with Gasteiger partial charge in [-0.15, -0.1) is 0 Å². The third-order valence-corrected chi connectivity index (χ3v) is 5.38. The van der Waals surface area contributed by atoms with E-state index in [4.69, 9.17) is 0 Å². The summed E-state index contributed by atoms with van der Waals surface area (Å²) in [4.78, 5) is 25.6. The van der Waals surface area contributed by atoms with Gasteiger partial charge in [-0.2, -0.15) is 0 Å². The van der Waals surface area contributed by atoms with Gasteiger partial charge in [-0.25, -0.2) is 0 Å². The summed E-state index contributed by atoms with van der Waals surface area (Å²) in [7, 11) is 0. The van der Waals surface area contributed by atoms with Crippen LogP contribution in [0.5, 0.6) is 0 Å². The van der Waals surface area contributed by atoms with Crippen LogP contribution in [0.1, 0.15) is 92.9 Å². The van der Waals surface area contributed by atoms with Crippen molar-refractivity contribution in [3.63, 3.8) is 0 Å². The Balaban J connectivity index is 3.10. The Bertz CT molecular complexity index is 731. The maximum absolute atomic E-state index is 12.9. The summed E-state index contributed by atoms with van der Waals surface area (Å²) in [6.45, 7) is 13.2. The lowest BCUT2D eigenvalue weighted by Crippen LogP contribution is -2.32. The highest BCUT2D eigenvalue weighted by molar-refractivity contribution is 6.50. The lowest BCUT2D eigenvalue weighted by Gasteiger charge is -2.23. The van der Waals surface area contributed by atoms with E-state index in [0.29, 0.717) is 30.2 Å². The Labute approximate surface area is 183 Å². The van der Waals surface area contributed by atoms with E-state index in [9.17, 15) is 14.7 Å². The van der Waals surface area contributed by atoms with Gasteiger partial charge in [-0.1, -0.05) is 56.9 Å². The summed E-state index contributed by atoms with van der Waals surface area (Å²) < 4.78 is 0. The van der Waals surface area contributed by atoms with Crippen LogP contribution in [0.25, 0.3) is 0 Å². The number of carbonyl (C=O) groups excluding carboxylic acids is 2. The van der Waals surface area contributed by atoms with Crippen molar-refractivity contribution in [3.05, 3.63) is 45.9 Å². The smallest absolute Gasteiger partial charge is 0.233 e. The molecule has 1 aliphatic rings. The lowest BCUT2D eigenvalue weighted by molar-refractivity contribution is -0.132. The number of allylic oxidation sites excluding steroid dienone is 6. The van der Waals surface area contributed by atoms with Crippen molar-refractivity contribution in [3.8, 4) is 0 Å². The molecule has 0 amide bonds. The molecular formula is C26H41NO3. The second-order valence-electron chi connectivity index (χ2n) is 8.98. The van der Waals surface area contributed by atoms with Crippen molar-refractivity contribution in [1.82, 2.24) is 5.32 Å². The van der Waals surface area contributed by atoms with Crippen LogP contribution in [0, 0.1) is 5.92 Å². The molecule has 0 heterocycles. The minimum absolute atomic E-state index is 0.0387. The number of aliphatic hydroxyl groups excluding tert-OH is 1. The van der Waals surface area contributed by atoms with Crippen LogP contribution in [0.4, 0.5) is 0 Å². The average Bonchev–Trinajstić information content (AvgIpc) is 2.67. The zero-order valence-corrected chi connectivity index (χ0v) is 19.9. The summed E-state index contributed by atoms with van der Waals surface area (Å²) in [6.07, 6.45) is 10.6. The van der Waals surface area contributed by atoms with Gasteiger partial charge in [-0.05, 0) is 65.2 Å². The van der Waals surface area contributed by atoms with Crippen LogP contribution in [-0.4, -0.2) is 23.2 Å². The number of rotatable bonds is 13. The molecule has 4 heteroatoms. The first-order valence-corrected chi connectivity index (χ1v) is 11.5. The minimum Gasteiger partial charge on any atom is -0.505 e. The number of Topliss-reactive ketones (excluding diaryl/α,β-unsaturated/α-hetero) is 2. The summed E-state index contributed by atoms with van der Waals surface area (Å²) in [5.74, 6) is -0.536. The van der Waals surface area contributed by atoms with Crippen LogP contribution in [-0.2, 0) is 9.59 Å². The van der Waals surface area contributed by atoms with Gasteiger partial charge < -0.3 is 10.4 Å². The first-order valence-electron chi connectivity index (χ1n) is 11.5. The Hall–Kier alpha value is -2.10. The van der Waals surface area contributed by atoms with E-state index < -0.39 is 11.6 Å². The van der Waals surface area contributed by atoms with Gasteiger partial charge in [0.1, 0.15) is 5.76 Å². The van der Waals surface area contributed by atoms with Gasteiger partial charge in [0.15, 0.2) is 0 Å². The van der Waals surface area contributed by atoms with E-state index in [1.165, 1.54) is 5.57 Å². The molecule has 0 aromatic rings. The van der Waals surface area contributed by atoms with Gasteiger partial charge in [0.05, 0.1) is 11.3 Å². The Morgan fingerprint density at radius 3 is 2.30 bits per heavy atom. The quantitative estimate of drug-likeness (QED) is 0.156. The van der Waals surface area contributed by atoms with Gasteiger partial charge in [0, 0.05) is 12.1 Å². The van der Waals surface area contributed by atoms with Gasteiger partial charge >= 0.3 is 0 Å². The largest absolute Gasteiger partial charge is 0.505 e. The zero-order valence-electron chi connectivity index (χ0n) is 19.9. The van der Waals surface area contributed by atoms with E-state index in [1.807, 2.05) is 13.0 Å². The van der Waals surface area contributed by atoms with Crippen LogP contribution in [0.2, 0.25) is 0 Å². The third kappa shape index (κ3) is 8.33. The number of nitrogens with one attached hydrogen (secondary N) is 1. The maximum Gasteiger partial charge on any atom is 0.233 e. The molecule has 0 unspecified atom stereocenters.